The van der Waals surface area contributed by atoms with E-state index in [0.717, 1.165) is 18.4 Å². The second-order valence-electron chi connectivity index (χ2n) is 6.04. The Hall–Kier alpha value is -2.34. The molecule has 7 heteroatoms. The molecule has 0 spiro atoms. The van der Waals surface area contributed by atoms with Crippen molar-refractivity contribution in [1.29, 1.82) is 0 Å². The topological polar surface area (TPSA) is 83.6 Å². The fourth-order valence-electron chi connectivity index (χ4n) is 3.06. The second kappa shape index (κ2) is 7.70. The van der Waals surface area contributed by atoms with Crippen LogP contribution in [-0.4, -0.2) is 39.5 Å². The predicted molar refractivity (Wildman–Crippen MR) is 92.3 cm³/mol. The van der Waals surface area contributed by atoms with E-state index in [2.05, 4.69) is 4.98 Å². The Labute approximate surface area is 150 Å². The molecule has 6 nitrogen and oxygen atoms in total. The monoisotopic (exact) mass is 362 g/mol. The molecule has 25 heavy (non-hydrogen) atoms. The van der Waals surface area contributed by atoms with Crippen LogP contribution in [0.15, 0.2) is 34.9 Å². The molecule has 1 amide bonds. The maximum atomic E-state index is 12.4. The minimum absolute atomic E-state index is 0.173. The van der Waals surface area contributed by atoms with E-state index in [1.54, 1.807) is 12.3 Å². The van der Waals surface area contributed by atoms with E-state index in [1.807, 2.05) is 18.2 Å². The highest BCUT2D eigenvalue weighted by molar-refractivity contribution is 6.33. The van der Waals surface area contributed by atoms with Crippen molar-refractivity contribution in [1.82, 2.24) is 9.88 Å². The third-order valence-electron chi connectivity index (χ3n) is 4.35. The van der Waals surface area contributed by atoms with Crippen molar-refractivity contribution in [2.75, 3.05) is 6.54 Å². The number of carboxylic acids is 1. The SMILES string of the molecule is O=C(O)[C@@H]1CCCCN1C(=O)CCc1ncc(-c2ccccc2Cl)o1. The Balaban J connectivity index is 1.63. The van der Waals surface area contributed by atoms with Gasteiger partial charge in [-0.25, -0.2) is 9.78 Å². The molecule has 2 heterocycles. The lowest BCUT2D eigenvalue weighted by Crippen LogP contribution is -2.48. The molecule has 0 unspecified atom stereocenters. The number of oxazole rings is 1. The van der Waals surface area contributed by atoms with Gasteiger partial charge in [0.05, 0.1) is 11.2 Å². The van der Waals surface area contributed by atoms with Gasteiger partial charge in [0.15, 0.2) is 11.7 Å². The average Bonchev–Trinajstić information content (AvgIpc) is 3.08. The van der Waals surface area contributed by atoms with Crippen LogP contribution < -0.4 is 0 Å². The fourth-order valence-corrected chi connectivity index (χ4v) is 3.28. The van der Waals surface area contributed by atoms with Crippen LogP contribution in [0.2, 0.25) is 5.02 Å². The Kier molecular flexibility index (Phi) is 5.38. The first kappa shape index (κ1) is 17.5. The molecule has 1 N–H and O–H groups in total. The van der Waals surface area contributed by atoms with E-state index in [9.17, 15) is 14.7 Å². The molecule has 0 radical (unpaired) electrons. The van der Waals surface area contributed by atoms with Gasteiger partial charge in [-0.1, -0.05) is 23.7 Å². The molecule has 1 atom stereocenters. The number of hydrogen-bond acceptors (Lipinski definition) is 4. The molecule has 1 fully saturated rings. The van der Waals surface area contributed by atoms with Gasteiger partial charge in [0.1, 0.15) is 6.04 Å². The summed E-state index contributed by atoms with van der Waals surface area (Å²) >= 11 is 6.14. The summed E-state index contributed by atoms with van der Waals surface area (Å²) in [6.45, 7) is 0.492. The minimum Gasteiger partial charge on any atom is -0.480 e. The lowest BCUT2D eigenvalue weighted by molar-refractivity contribution is -0.152. The summed E-state index contributed by atoms with van der Waals surface area (Å²) in [7, 11) is 0. The fraction of sp³-hybridized carbons (Fsp3) is 0.389. The van der Waals surface area contributed by atoms with Gasteiger partial charge in [-0.05, 0) is 31.4 Å². The summed E-state index contributed by atoms with van der Waals surface area (Å²) in [5.41, 5.74) is 0.746. The number of aliphatic carboxylic acids is 1. The van der Waals surface area contributed by atoms with Gasteiger partial charge in [-0.2, -0.15) is 0 Å². The van der Waals surface area contributed by atoms with Gasteiger partial charge in [0.25, 0.3) is 0 Å². The maximum absolute atomic E-state index is 12.4. The molecular formula is C18H19ClN2O4. The number of aryl methyl sites for hydroxylation is 1. The van der Waals surface area contributed by atoms with E-state index in [0.29, 0.717) is 36.1 Å². The summed E-state index contributed by atoms with van der Waals surface area (Å²) < 4.78 is 5.68. The molecule has 0 saturated carbocycles. The zero-order valence-corrected chi connectivity index (χ0v) is 14.4. The van der Waals surface area contributed by atoms with Crippen molar-refractivity contribution < 1.29 is 19.1 Å². The number of carbonyl (C=O) groups is 2. The number of carbonyl (C=O) groups excluding carboxylic acids is 1. The highest BCUT2D eigenvalue weighted by Crippen LogP contribution is 2.28. The van der Waals surface area contributed by atoms with Crippen molar-refractivity contribution >= 4 is 23.5 Å². The van der Waals surface area contributed by atoms with Crippen LogP contribution in [0.25, 0.3) is 11.3 Å². The van der Waals surface area contributed by atoms with Gasteiger partial charge < -0.3 is 14.4 Å². The third-order valence-corrected chi connectivity index (χ3v) is 4.68. The number of hydrogen-bond donors (Lipinski definition) is 1. The number of nitrogens with zero attached hydrogens (tertiary/aromatic N) is 2. The first-order valence-electron chi connectivity index (χ1n) is 8.28. The molecule has 1 saturated heterocycles. The van der Waals surface area contributed by atoms with Gasteiger partial charge in [-0.15, -0.1) is 0 Å². The van der Waals surface area contributed by atoms with E-state index in [-0.39, 0.29) is 12.3 Å². The number of likely N-dealkylation sites (tertiary alicyclic amines) is 1. The maximum Gasteiger partial charge on any atom is 0.326 e. The molecule has 2 aromatic rings. The summed E-state index contributed by atoms with van der Waals surface area (Å²) in [4.78, 5) is 29.3. The first-order chi connectivity index (χ1) is 12.1. The lowest BCUT2D eigenvalue weighted by Gasteiger charge is -2.32. The minimum atomic E-state index is -0.940. The van der Waals surface area contributed by atoms with Crippen molar-refractivity contribution in [3.05, 3.63) is 41.4 Å². The quantitative estimate of drug-likeness (QED) is 0.881. The average molecular weight is 363 g/mol. The second-order valence-corrected chi connectivity index (χ2v) is 6.44. The van der Waals surface area contributed by atoms with Crippen molar-refractivity contribution in [3.8, 4) is 11.3 Å². The predicted octanol–water partition coefficient (Wildman–Crippen LogP) is 3.39. The Morgan fingerprint density at radius 1 is 1.32 bits per heavy atom. The third kappa shape index (κ3) is 4.02. The van der Waals surface area contributed by atoms with Gasteiger partial charge in [-0.3, -0.25) is 4.79 Å². The molecule has 0 bridgehead atoms. The Bertz CT molecular complexity index is 774. The molecule has 1 aromatic heterocycles. The van der Waals surface area contributed by atoms with Crippen molar-refractivity contribution in [3.63, 3.8) is 0 Å². The molecule has 0 aliphatic carbocycles. The zero-order valence-electron chi connectivity index (χ0n) is 13.7. The largest absolute Gasteiger partial charge is 0.480 e. The van der Waals surface area contributed by atoms with Crippen LogP contribution >= 0.6 is 11.6 Å². The number of halogens is 1. The highest BCUT2D eigenvalue weighted by atomic mass is 35.5. The number of piperidine rings is 1. The molecular weight excluding hydrogens is 344 g/mol. The van der Waals surface area contributed by atoms with Crippen LogP contribution in [0, 0.1) is 0 Å². The van der Waals surface area contributed by atoms with Crippen molar-refractivity contribution in [2.24, 2.45) is 0 Å². The van der Waals surface area contributed by atoms with Crippen LogP contribution in [0.4, 0.5) is 0 Å². The summed E-state index contributed by atoms with van der Waals surface area (Å²) in [5, 5.41) is 9.83. The van der Waals surface area contributed by atoms with Gasteiger partial charge in [0.2, 0.25) is 5.91 Å². The van der Waals surface area contributed by atoms with Gasteiger partial charge in [0, 0.05) is 24.9 Å². The van der Waals surface area contributed by atoms with Crippen molar-refractivity contribution in [2.45, 2.75) is 38.1 Å². The standard InChI is InChI=1S/C18H19ClN2O4/c19-13-6-2-1-5-12(13)15-11-20-16(25-15)8-9-17(22)21-10-4-3-7-14(21)18(23)24/h1-2,5-6,11,14H,3-4,7-10H2,(H,23,24)/t14-/m0/s1. The zero-order chi connectivity index (χ0) is 17.8. The smallest absolute Gasteiger partial charge is 0.326 e. The molecule has 132 valence electrons. The number of aromatic nitrogens is 1. The molecule has 1 aliphatic heterocycles. The van der Waals surface area contributed by atoms with Gasteiger partial charge >= 0.3 is 5.97 Å². The van der Waals surface area contributed by atoms with E-state index < -0.39 is 12.0 Å². The van der Waals surface area contributed by atoms with Crippen LogP contribution in [0.1, 0.15) is 31.6 Å². The van der Waals surface area contributed by atoms with E-state index >= 15 is 0 Å². The number of carboxylic acid groups (broad SMARTS) is 1. The Morgan fingerprint density at radius 3 is 2.88 bits per heavy atom. The Morgan fingerprint density at radius 2 is 2.12 bits per heavy atom. The lowest BCUT2D eigenvalue weighted by atomic mass is 10.0. The first-order valence-corrected chi connectivity index (χ1v) is 8.66. The number of rotatable bonds is 5. The summed E-state index contributed by atoms with van der Waals surface area (Å²) in [6.07, 6.45) is 4.27. The normalized spacial score (nSPS) is 17.5. The van der Waals surface area contributed by atoms with E-state index in [4.69, 9.17) is 16.0 Å². The molecule has 3 rings (SSSR count). The van der Waals surface area contributed by atoms with Crippen LogP contribution in [-0.2, 0) is 16.0 Å². The molecule has 1 aliphatic rings. The number of amides is 1. The van der Waals surface area contributed by atoms with E-state index in [1.165, 1.54) is 4.90 Å². The van der Waals surface area contributed by atoms with Crippen LogP contribution in [0.3, 0.4) is 0 Å². The number of benzene rings is 1. The summed E-state index contributed by atoms with van der Waals surface area (Å²) in [6, 6.07) is 6.58. The summed E-state index contributed by atoms with van der Waals surface area (Å²) in [5.74, 6) is -0.128. The highest BCUT2D eigenvalue weighted by Gasteiger charge is 2.31. The van der Waals surface area contributed by atoms with Crippen LogP contribution in [0.5, 0.6) is 0 Å². The molecule has 1 aromatic carbocycles.